The van der Waals surface area contributed by atoms with Crippen molar-refractivity contribution >= 4 is 5.91 Å². The van der Waals surface area contributed by atoms with Crippen molar-refractivity contribution in [2.24, 2.45) is 0 Å². The number of H-pyrrole nitrogens is 1. The predicted octanol–water partition coefficient (Wildman–Crippen LogP) is 2.81. The van der Waals surface area contributed by atoms with Gasteiger partial charge in [-0.25, -0.2) is 9.37 Å². The Labute approximate surface area is 138 Å². The molecule has 0 saturated carbocycles. The van der Waals surface area contributed by atoms with Crippen LogP contribution in [0.2, 0.25) is 0 Å². The van der Waals surface area contributed by atoms with E-state index in [0.29, 0.717) is 29.9 Å². The smallest absolute Gasteiger partial charge is 0.255 e. The molecule has 0 saturated heterocycles. The number of hydrogen-bond donors (Lipinski definition) is 1. The van der Waals surface area contributed by atoms with Gasteiger partial charge in [-0.15, -0.1) is 0 Å². The van der Waals surface area contributed by atoms with E-state index in [4.69, 9.17) is 0 Å². The lowest BCUT2D eigenvalue weighted by atomic mass is 10.1. The molecule has 1 N–H and O–H groups in total. The van der Waals surface area contributed by atoms with Gasteiger partial charge in [0.05, 0.1) is 35.5 Å². The fourth-order valence-corrected chi connectivity index (χ4v) is 2.91. The number of carbonyl (C=O) groups is 1. The number of benzene rings is 1. The maximum atomic E-state index is 13.3. The molecule has 24 heavy (non-hydrogen) atoms. The molecule has 0 spiro atoms. The number of hydrogen-bond acceptors (Lipinski definition) is 3. The molecule has 1 aromatic carbocycles. The van der Waals surface area contributed by atoms with Crippen molar-refractivity contribution in [1.82, 2.24) is 19.9 Å². The molecule has 3 aromatic rings. The Morgan fingerprint density at radius 1 is 1.21 bits per heavy atom. The summed E-state index contributed by atoms with van der Waals surface area (Å²) >= 11 is 0. The lowest BCUT2D eigenvalue weighted by molar-refractivity contribution is 0.0731. The van der Waals surface area contributed by atoms with Crippen LogP contribution in [-0.4, -0.2) is 32.3 Å². The van der Waals surface area contributed by atoms with Crippen molar-refractivity contribution in [2.45, 2.75) is 13.0 Å². The highest BCUT2D eigenvalue weighted by molar-refractivity contribution is 5.94. The highest BCUT2D eigenvalue weighted by Gasteiger charge is 2.23. The zero-order valence-electron chi connectivity index (χ0n) is 12.9. The van der Waals surface area contributed by atoms with Crippen molar-refractivity contribution < 1.29 is 9.18 Å². The van der Waals surface area contributed by atoms with Gasteiger partial charge in [-0.1, -0.05) is 12.1 Å². The van der Waals surface area contributed by atoms with Gasteiger partial charge in [-0.3, -0.25) is 9.78 Å². The number of aromatic nitrogens is 3. The quantitative estimate of drug-likeness (QED) is 0.789. The standard InChI is InChI=1S/C18H15FN4O/c19-14-3-1-2-12(8-14)15-5-4-13(9-20-15)18(24)23-7-6-16-17(10-23)22-11-21-16/h1-5,8-9,11H,6-7,10H2,(H,21,22). The van der Waals surface area contributed by atoms with Crippen LogP contribution in [0, 0.1) is 5.82 Å². The maximum Gasteiger partial charge on any atom is 0.255 e. The third-order valence-corrected chi connectivity index (χ3v) is 4.19. The van der Waals surface area contributed by atoms with E-state index in [2.05, 4.69) is 15.0 Å². The van der Waals surface area contributed by atoms with Gasteiger partial charge in [-0.05, 0) is 24.3 Å². The summed E-state index contributed by atoms with van der Waals surface area (Å²) in [7, 11) is 0. The van der Waals surface area contributed by atoms with Crippen molar-refractivity contribution in [3.05, 3.63) is 71.7 Å². The first-order chi connectivity index (χ1) is 11.7. The molecular formula is C18H15FN4O. The van der Waals surface area contributed by atoms with Crippen LogP contribution in [0.4, 0.5) is 4.39 Å². The Bertz CT molecular complexity index is 888. The van der Waals surface area contributed by atoms with Crippen LogP contribution in [0.5, 0.6) is 0 Å². The molecule has 0 fully saturated rings. The van der Waals surface area contributed by atoms with Gasteiger partial charge < -0.3 is 9.88 Å². The van der Waals surface area contributed by atoms with Gasteiger partial charge in [0.2, 0.25) is 0 Å². The SMILES string of the molecule is O=C(c1ccc(-c2cccc(F)c2)nc1)N1CCc2nc[nH]c2C1. The predicted molar refractivity (Wildman–Crippen MR) is 86.7 cm³/mol. The molecule has 0 bridgehead atoms. The molecule has 6 heteroatoms. The van der Waals surface area contributed by atoms with Gasteiger partial charge >= 0.3 is 0 Å². The van der Waals surface area contributed by atoms with E-state index in [1.165, 1.54) is 12.1 Å². The van der Waals surface area contributed by atoms with Crippen LogP contribution in [0.3, 0.4) is 0 Å². The number of carbonyl (C=O) groups excluding carboxylic acids is 1. The van der Waals surface area contributed by atoms with E-state index in [9.17, 15) is 9.18 Å². The van der Waals surface area contributed by atoms with E-state index < -0.39 is 0 Å². The monoisotopic (exact) mass is 322 g/mol. The molecule has 1 amide bonds. The van der Waals surface area contributed by atoms with Gasteiger partial charge in [0.15, 0.2) is 0 Å². The maximum absolute atomic E-state index is 13.3. The van der Waals surface area contributed by atoms with Crippen LogP contribution in [-0.2, 0) is 13.0 Å². The number of fused-ring (bicyclic) bond motifs is 1. The van der Waals surface area contributed by atoms with Gasteiger partial charge in [0, 0.05) is 24.7 Å². The first kappa shape index (κ1) is 14.6. The zero-order chi connectivity index (χ0) is 16.5. The molecule has 0 radical (unpaired) electrons. The molecule has 0 aliphatic carbocycles. The van der Waals surface area contributed by atoms with Crippen molar-refractivity contribution in [1.29, 1.82) is 0 Å². The summed E-state index contributed by atoms with van der Waals surface area (Å²) in [5.74, 6) is -0.369. The molecule has 0 unspecified atom stereocenters. The minimum atomic E-state index is -0.307. The third-order valence-electron chi connectivity index (χ3n) is 4.19. The molecule has 1 aliphatic rings. The average Bonchev–Trinajstić information content (AvgIpc) is 3.09. The van der Waals surface area contributed by atoms with E-state index >= 15 is 0 Å². The molecule has 4 rings (SSSR count). The van der Waals surface area contributed by atoms with Crippen molar-refractivity contribution in [3.63, 3.8) is 0 Å². The third kappa shape index (κ3) is 2.67. The zero-order valence-corrected chi connectivity index (χ0v) is 12.9. The first-order valence-electron chi connectivity index (χ1n) is 7.73. The van der Waals surface area contributed by atoms with Crippen LogP contribution in [0.25, 0.3) is 11.3 Å². The lowest BCUT2D eigenvalue weighted by Gasteiger charge is -2.26. The normalized spacial score (nSPS) is 13.6. The first-order valence-corrected chi connectivity index (χ1v) is 7.73. The highest BCUT2D eigenvalue weighted by Crippen LogP contribution is 2.20. The average molecular weight is 322 g/mol. The van der Waals surface area contributed by atoms with Gasteiger partial charge in [0.25, 0.3) is 5.91 Å². The van der Waals surface area contributed by atoms with E-state index in [1.54, 1.807) is 41.7 Å². The molecule has 0 atom stereocenters. The minimum absolute atomic E-state index is 0.0615. The second-order valence-electron chi connectivity index (χ2n) is 5.75. The van der Waals surface area contributed by atoms with E-state index in [-0.39, 0.29) is 11.7 Å². The van der Waals surface area contributed by atoms with Crippen LogP contribution >= 0.6 is 0 Å². The summed E-state index contributed by atoms with van der Waals surface area (Å²) in [6, 6.07) is 9.72. The Balaban J connectivity index is 1.54. The summed E-state index contributed by atoms with van der Waals surface area (Å²) in [4.78, 5) is 26.0. The van der Waals surface area contributed by atoms with Gasteiger partial charge in [0.1, 0.15) is 5.82 Å². The summed E-state index contributed by atoms with van der Waals surface area (Å²) < 4.78 is 13.3. The molecule has 120 valence electrons. The number of pyridine rings is 1. The van der Waals surface area contributed by atoms with Crippen LogP contribution in [0.15, 0.2) is 48.9 Å². The number of rotatable bonds is 2. The Hall–Kier alpha value is -3.02. The molecule has 2 aromatic heterocycles. The fraction of sp³-hybridized carbons (Fsp3) is 0.167. The molecule has 5 nitrogen and oxygen atoms in total. The summed E-state index contributed by atoms with van der Waals surface area (Å²) in [5, 5.41) is 0. The fourth-order valence-electron chi connectivity index (χ4n) is 2.91. The lowest BCUT2D eigenvalue weighted by Crippen LogP contribution is -2.36. The Morgan fingerprint density at radius 3 is 2.92 bits per heavy atom. The summed E-state index contributed by atoms with van der Waals surface area (Å²) in [6.45, 7) is 1.17. The molecule has 3 heterocycles. The minimum Gasteiger partial charge on any atom is -0.347 e. The van der Waals surface area contributed by atoms with Crippen molar-refractivity contribution in [3.8, 4) is 11.3 Å². The number of aromatic amines is 1. The second kappa shape index (κ2) is 5.88. The molecule has 1 aliphatic heterocycles. The topological polar surface area (TPSA) is 61.9 Å². The number of halogens is 1. The Kier molecular flexibility index (Phi) is 3.57. The number of nitrogens with one attached hydrogen (secondary N) is 1. The van der Waals surface area contributed by atoms with E-state index in [0.717, 1.165) is 17.8 Å². The van der Waals surface area contributed by atoms with Crippen LogP contribution in [0.1, 0.15) is 21.7 Å². The van der Waals surface area contributed by atoms with Crippen molar-refractivity contribution in [2.75, 3.05) is 6.54 Å². The molecular weight excluding hydrogens is 307 g/mol. The van der Waals surface area contributed by atoms with Crippen LogP contribution < -0.4 is 0 Å². The number of imidazole rings is 1. The van der Waals surface area contributed by atoms with E-state index in [1.807, 2.05) is 0 Å². The number of nitrogens with zero attached hydrogens (tertiary/aromatic N) is 3. The number of amides is 1. The second-order valence-corrected chi connectivity index (χ2v) is 5.75. The van der Waals surface area contributed by atoms with Gasteiger partial charge in [-0.2, -0.15) is 0 Å². The summed E-state index contributed by atoms with van der Waals surface area (Å²) in [6.07, 6.45) is 3.96. The largest absolute Gasteiger partial charge is 0.347 e. The highest BCUT2D eigenvalue weighted by atomic mass is 19.1. The summed E-state index contributed by atoms with van der Waals surface area (Å²) in [5.41, 5.74) is 3.87. The Morgan fingerprint density at radius 2 is 2.12 bits per heavy atom.